The first-order valence-electron chi connectivity index (χ1n) is 8.66. The van der Waals surface area contributed by atoms with Gasteiger partial charge in [-0.15, -0.1) is 0 Å². The number of carbonyl (C=O) groups is 1. The molecule has 0 radical (unpaired) electrons. The Kier molecular flexibility index (Phi) is 4.81. The van der Waals surface area contributed by atoms with Crippen LogP contribution in [0.25, 0.3) is 22.3 Å². The third kappa shape index (κ3) is 2.97. The second-order valence-corrected chi connectivity index (χ2v) is 6.54. The van der Waals surface area contributed by atoms with E-state index in [0.29, 0.717) is 11.3 Å². The maximum Gasteiger partial charge on any atom is 0.338 e. The Morgan fingerprint density at radius 1 is 0.808 bits per heavy atom. The minimum Gasteiger partial charge on any atom is -0.478 e. The molecule has 3 heteroatoms. The summed E-state index contributed by atoms with van der Waals surface area (Å²) in [6, 6.07) is 17.9. The summed E-state index contributed by atoms with van der Waals surface area (Å²) < 4.78 is 0. The number of aryl methyl sites for hydroxylation is 1. The molecule has 0 atom stereocenters. The van der Waals surface area contributed by atoms with E-state index < -0.39 is 5.97 Å². The van der Waals surface area contributed by atoms with Crippen LogP contribution in [0.15, 0.2) is 54.6 Å². The van der Waals surface area contributed by atoms with Crippen LogP contribution in [0.5, 0.6) is 0 Å². The minimum absolute atomic E-state index is 0.317. The molecule has 2 N–H and O–H groups in total. The highest BCUT2D eigenvalue weighted by Gasteiger charge is 2.25. The van der Waals surface area contributed by atoms with Gasteiger partial charge in [-0.2, -0.15) is 0 Å². The topological polar surface area (TPSA) is 49.3 Å². The van der Waals surface area contributed by atoms with Crippen LogP contribution < -0.4 is 5.32 Å². The number of hydrogen-bond acceptors (Lipinski definition) is 2. The summed E-state index contributed by atoms with van der Waals surface area (Å²) in [7, 11) is 1.78. The quantitative estimate of drug-likeness (QED) is 0.639. The van der Waals surface area contributed by atoms with Crippen LogP contribution in [-0.2, 0) is 0 Å². The largest absolute Gasteiger partial charge is 0.478 e. The predicted octanol–water partition coefficient (Wildman–Crippen LogP) is 5.69. The highest BCUT2D eigenvalue weighted by Crippen LogP contribution is 2.42. The van der Waals surface area contributed by atoms with Crippen LogP contribution in [-0.4, -0.2) is 18.1 Å². The van der Waals surface area contributed by atoms with Gasteiger partial charge in [0.1, 0.15) is 0 Å². The number of hydrogen-bond donors (Lipinski definition) is 2. The lowest BCUT2D eigenvalue weighted by atomic mass is 9.84. The molecule has 0 aliphatic carbocycles. The summed E-state index contributed by atoms with van der Waals surface area (Å²) in [5.41, 5.74) is 7.87. The lowest BCUT2D eigenvalue weighted by molar-refractivity contribution is 0.0698. The number of rotatable bonds is 4. The summed E-state index contributed by atoms with van der Waals surface area (Å²) in [5.74, 6) is -0.926. The van der Waals surface area contributed by atoms with E-state index in [4.69, 9.17) is 0 Å². The van der Waals surface area contributed by atoms with Crippen molar-refractivity contribution in [1.82, 2.24) is 0 Å². The van der Waals surface area contributed by atoms with Crippen molar-refractivity contribution >= 4 is 11.7 Å². The molecule has 0 spiro atoms. The average molecular weight is 345 g/mol. The van der Waals surface area contributed by atoms with Crippen molar-refractivity contribution < 1.29 is 9.90 Å². The summed E-state index contributed by atoms with van der Waals surface area (Å²) in [6.07, 6.45) is 0. The van der Waals surface area contributed by atoms with Gasteiger partial charge in [0.25, 0.3) is 0 Å². The molecule has 0 fully saturated rings. The van der Waals surface area contributed by atoms with Crippen molar-refractivity contribution in [2.45, 2.75) is 20.8 Å². The Balaban J connectivity index is 2.42. The molecule has 0 aliphatic rings. The van der Waals surface area contributed by atoms with Gasteiger partial charge in [-0.25, -0.2) is 4.79 Å². The average Bonchev–Trinajstić information content (AvgIpc) is 2.64. The van der Waals surface area contributed by atoms with Gasteiger partial charge in [0.05, 0.1) is 11.3 Å². The number of anilines is 1. The fourth-order valence-corrected chi connectivity index (χ4v) is 3.51. The van der Waals surface area contributed by atoms with Crippen molar-refractivity contribution in [2.24, 2.45) is 0 Å². The normalized spacial score (nSPS) is 10.6. The van der Waals surface area contributed by atoms with Crippen LogP contribution in [0.3, 0.4) is 0 Å². The number of nitrogens with one attached hydrogen (secondary N) is 1. The first-order valence-corrected chi connectivity index (χ1v) is 8.66. The van der Waals surface area contributed by atoms with Gasteiger partial charge < -0.3 is 10.4 Å². The van der Waals surface area contributed by atoms with Gasteiger partial charge in [-0.05, 0) is 43.0 Å². The number of aromatic carboxylic acids is 1. The molecule has 0 saturated heterocycles. The van der Waals surface area contributed by atoms with Crippen molar-refractivity contribution in [3.05, 3.63) is 76.9 Å². The second-order valence-electron chi connectivity index (χ2n) is 6.54. The fourth-order valence-electron chi connectivity index (χ4n) is 3.51. The molecule has 26 heavy (non-hydrogen) atoms. The Morgan fingerprint density at radius 3 is 1.88 bits per heavy atom. The van der Waals surface area contributed by atoms with E-state index in [9.17, 15) is 9.90 Å². The highest BCUT2D eigenvalue weighted by atomic mass is 16.4. The Bertz CT molecular complexity index is 958. The zero-order valence-electron chi connectivity index (χ0n) is 15.6. The number of carboxylic acids is 1. The van der Waals surface area contributed by atoms with Crippen LogP contribution in [0.4, 0.5) is 5.69 Å². The zero-order valence-corrected chi connectivity index (χ0v) is 15.6. The third-order valence-corrected chi connectivity index (χ3v) is 4.93. The first kappa shape index (κ1) is 17.7. The fraction of sp³-hybridized carbons (Fsp3) is 0.174. The Hall–Kier alpha value is -3.07. The molecule has 3 aromatic carbocycles. The van der Waals surface area contributed by atoms with Crippen molar-refractivity contribution in [2.75, 3.05) is 12.4 Å². The summed E-state index contributed by atoms with van der Waals surface area (Å²) in [6.45, 7) is 6.10. The van der Waals surface area contributed by atoms with Crippen LogP contribution >= 0.6 is 0 Å². The Morgan fingerprint density at radius 2 is 1.35 bits per heavy atom. The molecule has 0 heterocycles. The zero-order chi connectivity index (χ0) is 18.8. The molecule has 0 unspecified atom stereocenters. The second kappa shape index (κ2) is 7.04. The van der Waals surface area contributed by atoms with Gasteiger partial charge in [-0.1, -0.05) is 60.2 Å². The molecule has 0 aromatic heterocycles. The monoisotopic (exact) mass is 345 g/mol. The van der Waals surface area contributed by atoms with Gasteiger partial charge in [-0.3, -0.25) is 0 Å². The number of benzene rings is 3. The maximum atomic E-state index is 12.2. The van der Waals surface area contributed by atoms with Gasteiger partial charge in [0.15, 0.2) is 0 Å². The van der Waals surface area contributed by atoms with E-state index in [2.05, 4.69) is 24.4 Å². The summed E-state index contributed by atoms with van der Waals surface area (Å²) >= 11 is 0. The Labute approximate surface area is 154 Å². The predicted molar refractivity (Wildman–Crippen MR) is 108 cm³/mol. The molecule has 0 bridgehead atoms. The van der Waals surface area contributed by atoms with Gasteiger partial charge >= 0.3 is 5.97 Å². The molecule has 3 nitrogen and oxygen atoms in total. The van der Waals surface area contributed by atoms with Crippen LogP contribution in [0.2, 0.25) is 0 Å². The smallest absolute Gasteiger partial charge is 0.338 e. The van der Waals surface area contributed by atoms with E-state index in [-0.39, 0.29) is 0 Å². The molecule has 0 aliphatic heterocycles. The van der Waals surface area contributed by atoms with Gasteiger partial charge in [0, 0.05) is 18.2 Å². The molecule has 3 aromatic rings. The SMILES string of the molecule is CNc1c(C(=O)O)c(-c2ccccc2)c(C)c(C)c1-c1ccc(C)cc1. The first-order chi connectivity index (χ1) is 12.5. The van der Waals surface area contributed by atoms with E-state index in [1.165, 1.54) is 5.56 Å². The lowest BCUT2D eigenvalue weighted by Gasteiger charge is -2.22. The van der Waals surface area contributed by atoms with Crippen LogP contribution in [0, 0.1) is 20.8 Å². The van der Waals surface area contributed by atoms with E-state index in [1.807, 2.05) is 56.3 Å². The van der Waals surface area contributed by atoms with Crippen LogP contribution in [0.1, 0.15) is 27.0 Å². The van der Waals surface area contributed by atoms with E-state index in [1.54, 1.807) is 7.05 Å². The number of carboxylic acid groups (broad SMARTS) is 1. The molecule has 0 amide bonds. The van der Waals surface area contributed by atoms with Crippen molar-refractivity contribution in [3.8, 4) is 22.3 Å². The maximum absolute atomic E-state index is 12.2. The van der Waals surface area contributed by atoms with Gasteiger partial charge in [0.2, 0.25) is 0 Å². The van der Waals surface area contributed by atoms with E-state index >= 15 is 0 Å². The summed E-state index contributed by atoms with van der Waals surface area (Å²) in [4.78, 5) is 12.2. The minimum atomic E-state index is -0.926. The summed E-state index contributed by atoms with van der Waals surface area (Å²) in [5, 5.41) is 13.2. The molecule has 3 rings (SSSR count). The van der Waals surface area contributed by atoms with Crippen molar-refractivity contribution in [3.63, 3.8) is 0 Å². The lowest BCUT2D eigenvalue weighted by Crippen LogP contribution is -2.10. The molecule has 132 valence electrons. The van der Waals surface area contributed by atoms with E-state index in [0.717, 1.165) is 33.4 Å². The molecular formula is C23H23NO2. The standard InChI is InChI=1S/C23H23NO2/c1-14-10-12-18(13-11-14)20-16(3)15(2)19(17-8-6-5-7-9-17)21(23(25)26)22(20)24-4/h5-13,24H,1-4H3,(H,25,26). The molecule has 0 saturated carbocycles. The third-order valence-electron chi connectivity index (χ3n) is 4.93. The highest BCUT2D eigenvalue weighted by molar-refractivity contribution is 6.07. The molecular weight excluding hydrogens is 322 g/mol. The van der Waals surface area contributed by atoms with Crippen molar-refractivity contribution in [1.29, 1.82) is 0 Å².